The Morgan fingerprint density at radius 3 is 2.62 bits per heavy atom. The third-order valence-corrected chi connectivity index (χ3v) is 3.24. The van der Waals surface area contributed by atoms with E-state index in [0.29, 0.717) is 12.4 Å². The van der Waals surface area contributed by atoms with Crippen LogP contribution in [0.1, 0.15) is 25.7 Å². The first-order valence-corrected chi connectivity index (χ1v) is 5.48. The van der Waals surface area contributed by atoms with E-state index in [1.54, 1.807) is 0 Å². The number of ether oxygens (including phenoxy) is 2. The standard InChI is InChI=1S/C9H16O3S/c10-7-1-3-9(4-2-7)11-5-8(6-13)12-9/h7-8,10,13H,1-6H2. The highest BCUT2D eigenvalue weighted by atomic mass is 32.1. The maximum Gasteiger partial charge on any atom is 0.169 e. The second-order valence-electron chi connectivity index (χ2n) is 3.88. The van der Waals surface area contributed by atoms with Crippen LogP contribution in [0.15, 0.2) is 0 Å². The first-order chi connectivity index (χ1) is 6.24. The molecule has 1 unspecified atom stereocenters. The molecule has 76 valence electrons. The molecule has 0 bridgehead atoms. The van der Waals surface area contributed by atoms with Crippen LogP contribution in [0.25, 0.3) is 0 Å². The smallest absolute Gasteiger partial charge is 0.169 e. The van der Waals surface area contributed by atoms with E-state index in [4.69, 9.17) is 9.47 Å². The van der Waals surface area contributed by atoms with Crippen LogP contribution in [0, 0.1) is 0 Å². The quantitative estimate of drug-likeness (QED) is 0.625. The van der Waals surface area contributed by atoms with Gasteiger partial charge in [-0.2, -0.15) is 12.6 Å². The molecule has 3 nitrogen and oxygen atoms in total. The fraction of sp³-hybridized carbons (Fsp3) is 1.00. The van der Waals surface area contributed by atoms with Gasteiger partial charge in [0.05, 0.1) is 18.8 Å². The lowest BCUT2D eigenvalue weighted by atomic mass is 9.92. The molecule has 2 fully saturated rings. The molecule has 1 heterocycles. The number of rotatable bonds is 1. The molecule has 0 aromatic heterocycles. The van der Waals surface area contributed by atoms with E-state index < -0.39 is 0 Å². The minimum Gasteiger partial charge on any atom is -0.393 e. The summed E-state index contributed by atoms with van der Waals surface area (Å²) in [5, 5.41) is 9.35. The summed E-state index contributed by atoms with van der Waals surface area (Å²) in [5.74, 6) is 0.330. The van der Waals surface area contributed by atoms with Crippen molar-refractivity contribution in [2.75, 3.05) is 12.4 Å². The first kappa shape index (κ1) is 9.77. The van der Waals surface area contributed by atoms with Gasteiger partial charge in [0, 0.05) is 18.6 Å². The molecular weight excluding hydrogens is 188 g/mol. The second-order valence-corrected chi connectivity index (χ2v) is 4.24. The summed E-state index contributed by atoms with van der Waals surface area (Å²) < 4.78 is 11.4. The fourth-order valence-electron chi connectivity index (χ4n) is 2.01. The summed E-state index contributed by atoms with van der Waals surface area (Å²) in [6, 6.07) is 0. The summed E-state index contributed by atoms with van der Waals surface area (Å²) in [6.45, 7) is 0.652. The molecular formula is C9H16O3S. The maximum absolute atomic E-state index is 9.35. The molecule has 13 heavy (non-hydrogen) atoms. The van der Waals surface area contributed by atoms with Gasteiger partial charge in [-0.1, -0.05) is 0 Å². The zero-order chi connectivity index (χ0) is 9.31. The highest BCUT2D eigenvalue weighted by Gasteiger charge is 2.43. The number of aliphatic hydroxyl groups excluding tert-OH is 1. The highest BCUT2D eigenvalue weighted by molar-refractivity contribution is 7.80. The fourth-order valence-corrected chi connectivity index (χ4v) is 2.19. The van der Waals surface area contributed by atoms with Crippen LogP contribution < -0.4 is 0 Å². The molecule has 0 aromatic rings. The molecule has 0 amide bonds. The molecule has 1 atom stereocenters. The summed E-state index contributed by atoms with van der Waals surface area (Å²) >= 11 is 4.18. The van der Waals surface area contributed by atoms with E-state index in [1.165, 1.54) is 0 Å². The Labute approximate surface area is 83.8 Å². The Hall–Kier alpha value is 0.230. The van der Waals surface area contributed by atoms with Gasteiger partial charge in [0.2, 0.25) is 0 Å². The van der Waals surface area contributed by atoms with Gasteiger partial charge in [0.1, 0.15) is 0 Å². The predicted molar refractivity (Wildman–Crippen MR) is 51.9 cm³/mol. The van der Waals surface area contributed by atoms with Gasteiger partial charge in [-0.25, -0.2) is 0 Å². The second kappa shape index (κ2) is 3.77. The van der Waals surface area contributed by atoms with Crippen molar-refractivity contribution in [3.8, 4) is 0 Å². The van der Waals surface area contributed by atoms with E-state index in [-0.39, 0.29) is 18.0 Å². The van der Waals surface area contributed by atoms with Gasteiger partial charge in [-0.05, 0) is 12.8 Å². The molecule has 0 radical (unpaired) electrons. The molecule has 1 saturated carbocycles. The van der Waals surface area contributed by atoms with Gasteiger partial charge in [0.15, 0.2) is 5.79 Å². The lowest BCUT2D eigenvalue weighted by molar-refractivity contribution is -0.195. The van der Waals surface area contributed by atoms with Crippen molar-refractivity contribution in [1.82, 2.24) is 0 Å². The molecule has 4 heteroatoms. The molecule has 2 rings (SSSR count). The summed E-state index contributed by atoms with van der Waals surface area (Å²) in [7, 11) is 0. The van der Waals surface area contributed by atoms with Crippen molar-refractivity contribution >= 4 is 12.6 Å². The number of thiol groups is 1. The van der Waals surface area contributed by atoms with Crippen molar-refractivity contribution in [3.63, 3.8) is 0 Å². The van der Waals surface area contributed by atoms with Gasteiger partial charge < -0.3 is 14.6 Å². The Kier molecular flexibility index (Phi) is 2.83. The molecule has 1 spiro atoms. The Balaban J connectivity index is 1.92. The van der Waals surface area contributed by atoms with Gasteiger partial charge in [-0.3, -0.25) is 0 Å². The van der Waals surface area contributed by atoms with E-state index in [9.17, 15) is 5.11 Å². The first-order valence-electron chi connectivity index (χ1n) is 4.85. The molecule has 1 N–H and O–H groups in total. The number of aliphatic hydroxyl groups is 1. The van der Waals surface area contributed by atoms with Crippen LogP contribution in [0.5, 0.6) is 0 Å². The van der Waals surface area contributed by atoms with Crippen molar-refractivity contribution in [3.05, 3.63) is 0 Å². The van der Waals surface area contributed by atoms with Crippen molar-refractivity contribution in [1.29, 1.82) is 0 Å². The molecule has 1 saturated heterocycles. The lowest BCUT2D eigenvalue weighted by Gasteiger charge is -2.33. The minimum atomic E-state index is -0.382. The summed E-state index contributed by atoms with van der Waals surface area (Å²) in [4.78, 5) is 0. The predicted octanol–water partition coefficient (Wildman–Crippen LogP) is 0.963. The third kappa shape index (κ3) is 2.01. The van der Waals surface area contributed by atoms with Crippen LogP contribution in [-0.2, 0) is 9.47 Å². The number of hydrogen-bond donors (Lipinski definition) is 2. The summed E-state index contributed by atoms with van der Waals surface area (Å²) in [5.41, 5.74) is 0. The largest absolute Gasteiger partial charge is 0.393 e. The third-order valence-electron chi connectivity index (χ3n) is 2.83. The van der Waals surface area contributed by atoms with E-state index in [0.717, 1.165) is 25.7 Å². The van der Waals surface area contributed by atoms with E-state index in [2.05, 4.69) is 12.6 Å². The molecule has 0 aromatic carbocycles. The van der Waals surface area contributed by atoms with Crippen molar-refractivity contribution < 1.29 is 14.6 Å². The van der Waals surface area contributed by atoms with Crippen LogP contribution in [0.3, 0.4) is 0 Å². The lowest BCUT2D eigenvalue weighted by Crippen LogP contribution is -2.37. The van der Waals surface area contributed by atoms with Crippen LogP contribution in [0.2, 0.25) is 0 Å². The normalized spacial score (nSPS) is 45.7. The molecule has 2 aliphatic rings. The van der Waals surface area contributed by atoms with Crippen molar-refractivity contribution in [2.24, 2.45) is 0 Å². The average Bonchev–Trinajstić information content (AvgIpc) is 2.55. The zero-order valence-electron chi connectivity index (χ0n) is 7.61. The topological polar surface area (TPSA) is 38.7 Å². The number of hydrogen-bond acceptors (Lipinski definition) is 4. The minimum absolute atomic E-state index is 0.138. The van der Waals surface area contributed by atoms with Crippen LogP contribution in [-0.4, -0.2) is 35.5 Å². The molecule has 1 aliphatic heterocycles. The Morgan fingerprint density at radius 1 is 1.38 bits per heavy atom. The Bertz CT molecular complexity index is 178. The van der Waals surface area contributed by atoms with Gasteiger partial charge >= 0.3 is 0 Å². The van der Waals surface area contributed by atoms with Gasteiger partial charge in [-0.15, -0.1) is 0 Å². The maximum atomic E-state index is 9.35. The molecule has 1 aliphatic carbocycles. The monoisotopic (exact) mass is 204 g/mol. The Morgan fingerprint density at radius 2 is 2.08 bits per heavy atom. The van der Waals surface area contributed by atoms with Crippen LogP contribution >= 0.6 is 12.6 Å². The van der Waals surface area contributed by atoms with Crippen LogP contribution in [0.4, 0.5) is 0 Å². The van der Waals surface area contributed by atoms with Gasteiger partial charge in [0.25, 0.3) is 0 Å². The summed E-state index contributed by atoms with van der Waals surface area (Å²) in [6.07, 6.45) is 3.20. The zero-order valence-corrected chi connectivity index (χ0v) is 8.50. The average molecular weight is 204 g/mol. The van der Waals surface area contributed by atoms with E-state index in [1.807, 2.05) is 0 Å². The van der Waals surface area contributed by atoms with Crippen molar-refractivity contribution in [2.45, 2.75) is 43.7 Å². The highest BCUT2D eigenvalue weighted by Crippen LogP contribution is 2.37. The van der Waals surface area contributed by atoms with E-state index >= 15 is 0 Å². The SMILES string of the molecule is OC1CCC2(CC1)OCC(CS)O2.